The molecule has 0 spiro atoms. The number of rotatable bonds is 2. The van der Waals surface area contributed by atoms with Gasteiger partial charge in [-0.25, -0.2) is 9.50 Å². The van der Waals surface area contributed by atoms with Crippen molar-refractivity contribution in [2.24, 2.45) is 5.73 Å². The van der Waals surface area contributed by atoms with Gasteiger partial charge in [-0.05, 0) is 43.2 Å². The number of nitrogens with zero attached hydrogens (tertiary/aromatic N) is 3. The largest absolute Gasteiger partial charge is 0.325 e. The molecule has 4 heteroatoms. The molecule has 0 radical (unpaired) electrons. The molecule has 0 fully saturated rings. The Hall–Kier alpha value is -2.20. The van der Waals surface area contributed by atoms with E-state index in [0.717, 1.165) is 22.6 Å². The summed E-state index contributed by atoms with van der Waals surface area (Å²) in [6.07, 6.45) is 1.77. The van der Waals surface area contributed by atoms with Crippen LogP contribution in [0, 0.1) is 13.8 Å². The lowest BCUT2D eigenvalue weighted by Gasteiger charge is -2.06. The molecule has 0 saturated carbocycles. The molecule has 2 aromatic heterocycles. The maximum absolute atomic E-state index is 5.69. The van der Waals surface area contributed by atoms with Gasteiger partial charge in [0.25, 0.3) is 0 Å². The Balaban J connectivity index is 2.16. The van der Waals surface area contributed by atoms with Gasteiger partial charge in [-0.1, -0.05) is 12.1 Å². The van der Waals surface area contributed by atoms with Crippen LogP contribution in [0.4, 0.5) is 0 Å². The second-order valence-corrected chi connectivity index (χ2v) is 4.74. The number of aromatic nitrogens is 3. The lowest BCUT2D eigenvalue weighted by Crippen LogP contribution is -2.04. The number of benzene rings is 1. The minimum Gasteiger partial charge on any atom is -0.325 e. The molecule has 3 rings (SSSR count). The Morgan fingerprint density at radius 2 is 1.95 bits per heavy atom. The molecule has 0 aliphatic carbocycles. The zero-order valence-corrected chi connectivity index (χ0v) is 11.1. The Bertz CT molecular complexity index is 743. The highest BCUT2D eigenvalue weighted by Gasteiger charge is 2.06. The summed E-state index contributed by atoms with van der Waals surface area (Å²) < 4.78 is 1.81. The number of fused-ring (bicyclic) bond motifs is 1. The van der Waals surface area contributed by atoms with E-state index in [1.54, 1.807) is 6.20 Å². The minimum absolute atomic E-state index is 0.435. The van der Waals surface area contributed by atoms with Crippen LogP contribution < -0.4 is 5.73 Å². The van der Waals surface area contributed by atoms with Crippen molar-refractivity contribution in [3.63, 3.8) is 0 Å². The summed E-state index contributed by atoms with van der Waals surface area (Å²) in [6.45, 7) is 4.66. The standard InChI is InChI=1S/C15H16N4/c1-10-3-4-12(7-11(10)2)14-5-6-15-17-9-13(8-16)19(15)18-14/h3-7,9H,8,16H2,1-2H3. The first-order valence-electron chi connectivity index (χ1n) is 6.30. The number of aryl methyl sites for hydroxylation is 2. The van der Waals surface area contributed by atoms with Crippen LogP contribution in [0.5, 0.6) is 0 Å². The average Bonchev–Trinajstić information content (AvgIpc) is 2.84. The molecule has 0 amide bonds. The molecule has 0 unspecified atom stereocenters. The molecular weight excluding hydrogens is 236 g/mol. The van der Waals surface area contributed by atoms with E-state index in [-0.39, 0.29) is 0 Å². The van der Waals surface area contributed by atoms with Gasteiger partial charge in [0.15, 0.2) is 5.65 Å². The van der Waals surface area contributed by atoms with Crippen LogP contribution in [-0.2, 0) is 6.54 Å². The normalized spacial score (nSPS) is 11.1. The van der Waals surface area contributed by atoms with Crippen molar-refractivity contribution in [3.05, 3.63) is 53.3 Å². The highest BCUT2D eigenvalue weighted by molar-refractivity contribution is 5.62. The fourth-order valence-electron chi connectivity index (χ4n) is 2.11. The molecule has 1 aromatic carbocycles. The lowest BCUT2D eigenvalue weighted by molar-refractivity contribution is 0.849. The summed E-state index contributed by atoms with van der Waals surface area (Å²) in [5.41, 5.74) is 12.0. The predicted molar refractivity (Wildman–Crippen MR) is 75.8 cm³/mol. The Morgan fingerprint density at radius 3 is 2.68 bits per heavy atom. The van der Waals surface area contributed by atoms with E-state index >= 15 is 0 Å². The third-order valence-electron chi connectivity index (χ3n) is 3.44. The molecule has 3 aromatic rings. The Labute approximate surface area is 111 Å². The van der Waals surface area contributed by atoms with Crippen LogP contribution >= 0.6 is 0 Å². The van der Waals surface area contributed by atoms with E-state index in [1.807, 2.05) is 16.6 Å². The summed E-state index contributed by atoms with van der Waals surface area (Å²) in [4.78, 5) is 4.28. The van der Waals surface area contributed by atoms with Gasteiger partial charge in [-0.15, -0.1) is 0 Å². The highest BCUT2D eigenvalue weighted by atomic mass is 15.3. The quantitative estimate of drug-likeness (QED) is 0.762. The fraction of sp³-hybridized carbons (Fsp3) is 0.200. The molecule has 19 heavy (non-hydrogen) atoms. The molecule has 4 nitrogen and oxygen atoms in total. The lowest BCUT2D eigenvalue weighted by atomic mass is 10.0. The highest BCUT2D eigenvalue weighted by Crippen LogP contribution is 2.20. The van der Waals surface area contributed by atoms with Crippen molar-refractivity contribution in [3.8, 4) is 11.3 Å². The summed E-state index contributed by atoms with van der Waals surface area (Å²) in [6, 6.07) is 10.3. The fourth-order valence-corrected chi connectivity index (χ4v) is 2.11. The topological polar surface area (TPSA) is 56.2 Å². The van der Waals surface area contributed by atoms with Crippen molar-refractivity contribution >= 4 is 5.65 Å². The summed E-state index contributed by atoms with van der Waals surface area (Å²) in [5, 5.41) is 4.62. The molecular formula is C15H16N4. The first kappa shape index (κ1) is 11.9. The molecule has 0 aliphatic rings. The van der Waals surface area contributed by atoms with Crippen molar-refractivity contribution in [2.75, 3.05) is 0 Å². The van der Waals surface area contributed by atoms with Crippen LogP contribution in [0.3, 0.4) is 0 Å². The van der Waals surface area contributed by atoms with Gasteiger partial charge in [-0.2, -0.15) is 5.10 Å². The van der Waals surface area contributed by atoms with Crippen LogP contribution in [0.1, 0.15) is 16.8 Å². The van der Waals surface area contributed by atoms with Crippen LogP contribution in [-0.4, -0.2) is 14.6 Å². The van der Waals surface area contributed by atoms with Crippen molar-refractivity contribution in [1.82, 2.24) is 14.6 Å². The zero-order chi connectivity index (χ0) is 13.4. The van der Waals surface area contributed by atoms with Crippen LogP contribution in [0.2, 0.25) is 0 Å². The van der Waals surface area contributed by atoms with Gasteiger partial charge in [0.05, 0.1) is 17.6 Å². The molecule has 0 atom stereocenters. The smallest absolute Gasteiger partial charge is 0.153 e. The first-order valence-corrected chi connectivity index (χ1v) is 6.30. The molecule has 0 saturated heterocycles. The van der Waals surface area contributed by atoms with Gasteiger partial charge in [0.1, 0.15) is 0 Å². The van der Waals surface area contributed by atoms with Crippen molar-refractivity contribution < 1.29 is 0 Å². The number of hydrogen-bond donors (Lipinski definition) is 1. The van der Waals surface area contributed by atoms with Crippen LogP contribution in [0.15, 0.2) is 36.5 Å². The van der Waals surface area contributed by atoms with Crippen molar-refractivity contribution in [2.45, 2.75) is 20.4 Å². The summed E-state index contributed by atoms with van der Waals surface area (Å²) in [7, 11) is 0. The van der Waals surface area contributed by atoms with Gasteiger partial charge in [0, 0.05) is 12.1 Å². The number of hydrogen-bond acceptors (Lipinski definition) is 3. The number of nitrogens with two attached hydrogens (primary N) is 1. The SMILES string of the molecule is Cc1ccc(-c2ccc3ncc(CN)n3n2)cc1C. The second-order valence-electron chi connectivity index (χ2n) is 4.74. The summed E-state index contributed by atoms with van der Waals surface area (Å²) >= 11 is 0. The van der Waals surface area contributed by atoms with E-state index in [1.165, 1.54) is 11.1 Å². The Morgan fingerprint density at radius 1 is 1.11 bits per heavy atom. The summed E-state index contributed by atoms with van der Waals surface area (Å²) in [5.74, 6) is 0. The van der Waals surface area contributed by atoms with Crippen LogP contribution in [0.25, 0.3) is 16.9 Å². The average molecular weight is 252 g/mol. The second kappa shape index (κ2) is 4.48. The molecule has 0 aliphatic heterocycles. The molecule has 96 valence electrons. The third kappa shape index (κ3) is 2.00. The first-order chi connectivity index (χ1) is 9.19. The van der Waals surface area contributed by atoms with Gasteiger partial charge in [0.2, 0.25) is 0 Å². The predicted octanol–water partition coefficient (Wildman–Crippen LogP) is 2.47. The van der Waals surface area contributed by atoms with Crippen molar-refractivity contribution in [1.29, 1.82) is 0 Å². The van der Waals surface area contributed by atoms with E-state index in [9.17, 15) is 0 Å². The third-order valence-corrected chi connectivity index (χ3v) is 3.44. The maximum Gasteiger partial charge on any atom is 0.153 e. The number of imidazole rings is 1. The minimum atomic E-state index is 0.435. The van der Waals surface area contributed by atoms with Gasteiger partial charge < -0.3 is 5.73 Å². The molecule has 2 heterocycles. The van der Waals surface area contributed by atoms with E-state index < -0.39 is 0 Å². The molecule has 2 N–H and O–H groups in total. The van der Waals surface area contributed by atoms with E-state index in [2.05, 4.69) is 42.1 Å². The zero-order valence-electron chi connectivity index (χ0n) is 11.1. The monoisotopic (exact) mass is 252 g/mol. The van der Waals surface area contributed by atoms with Gasteiger partial charge in [-0.3, -0.25) is 0 Å². The maximum atomic E-state index is 5.69. The molecule has 0 bridgehead atoms. The Kier molecular flexibility index (Phi) is 2.80. The van der Waals surface area contributed by atoms with Gasteiger partial charge >= 0.3 is 0 Å². The van der Waals surface area contributed by atoms with E-state index in [0.29, 0.717) is 6.54 Å². The van der Waals surface area contributed by atoms with E-state index in [4.69, 9.17) is 5.73 Å².